The summed E-state index contributed by atoms with van der Waals surface area (Å²) in [5.41, 5.74) is 9.67. The van der Waals surface area contributed by atoms with Crippen LogP contribution in [-0.4, -0.2) is 49.0 Å². The second-order valence-corrected chi connectivity index (χ2v) is 13.0. The predicted octanol–water partition coefficient (Wildman–Crippen LogP) is 5.98. The second-order valence-electron chi connectivity index (χ2n) is 13.0. The van der Waals surface area contributed by atoms with Crippen LogP contribution in [0.2, 0.25) is 0 Å². The number of nitrogens with zero attached hydrogens (tertiary/aromatic N) is 4. The number of aliphatic carboxylic acids is 1. The lowest BCUT2D eigenvalue weighted by atomic mass is 9.83. The first-order valence-corrected chi connectivity index (χ1v) is 15.5. The van der Waals surface area contributed by atoms with Gasteiger partial charge in [0.05, 0.1) is 17.5 Å². The third kappa shape index (κ3) is 4.96. The molecule has 1 atom stereocenters. The molecule has 1 aromatic heterocycles. The van der Waals surface area contributed by atoms with E-state index in [0.717, 1.165) is 84.1 Å². The maximum Gasteiger partial charge on any atom is 0.304 e. The Balaban J connectivity index is 1.33. The minimum atomic E-state index is -0.853. The van der Waals surface area contributed by atoms with Crippen LogP contribution in [0.1, 0.15) is 94.8 Å². The Morgan fingerprint density at radius 2 is 1.86 bits per heavy atom. The van der Waals surface area contributed by atoms with E-state index in [1.54, 1.807) is 0 Å². The third-order valence-corrected chi connectivity index (χ3v) is 9.55. The minimum Gasteiger partial charge on any atom is -0.486 e. The highest BCUT2D eigenvalue weighted by molar-refractivity contribution is 5.98. The van der Waals surface area contributed by atoms with Crippen molar-refractivity contribution >= 4 is 22.9 Å². The molecule has 6 aliphatic rings. The van der Waals surface area contributed by atoms with Crippen molar-refractivity contribution in [2.45, 2.75) is 90.3 Å². The quantitative estimate of drug-likeness (QED) is 0.314. The van der Waals surface area contributed by atoms with Crippen LogP contribution in [0.5, 0.6) is 5.75 Å². The number of ether oxygens (including phenoxy) is 1. The summed E-state index contributed by atoms with van der Waals surface area (Å²) in [7, 11) is 0. The molecule has 8 heteroatoms. The number of carbonyl (C=O) groups excluding carboxylic acids is 1. The van der Waals surface area contributed by atoms with E-state index in [2.05, 4.69) is 48.4 Å². The fraction of sp³-hybridized carbons (Fsp3) is 0.429. The molecule has 1 amide bonds. The van der Waals surface area contributed by atoms with Crippen LogP contribution < -0.4 is 4.74 Å². The number of hydrogen-bond acceptors (Lipinski definition) is 5. The van der Waals surface area contributed by atoms with E-state index in [4.69, 9.17) is 4.74 Å². The van der Waals surface area contributed by atoms with Gasteiger partial charge in [0, 0.05) is 37.5 Å². The van der Waals surface area contributed by atoms with Crippen molar-refractivity contribution in [2.75, 3.05) is 6.54 Å². The smallest absolute Gasteiger partial charge is 0.304 e. The molecule has 1 N–H and O–H groups in total. The number of amides is 1. The summed E-state index contributed by atoms with van der Waals surface area (Å²) in [5, 5.41) is 19.0. The lowest BCUT2D eigenvalue weighted by Gasteiger charge is -2.31. The monoisotopic (exact) mass is 578 g/mol. The average Bonchev–Trinajstić information content (AvgIpc) is 3.55. The fourth-order valence-electron chi connectivity index (χ4n) is 7.32. The first-order valence-electron chi connectivity index (χ1n) is 15.5. The summed E-state index contributed by atoms with van der Waals surface area (Å²) in [4.78, 5) is 28.1. The molecule has 10 rings (SSSR count). The van der Waals surface area contributed by atoms with Crippen LogP contribution in [0.15, 0.2) is 42.5 Å². The maximum atomic E-state index is 14.0. The summed E-state index contributed by atoms with van der Waals surface area (Å²) >= 11 is 0. The lowest BCUT2D eigenvalue weighted by molar-refractivity contribution is -0.137. The van der Waals surface area contributed by atoms with E-state index >= 15 is 0 Å². The summed E-state index contributed by atoms with van der Waals surface area (Å²) < 4.78 is 8.42. The second kappa shape index (κ2) is 10.5. The molecule has 0 spiro atoms. The van der Waals surface area contributed by atoms with E-state index in [9.17, 15) is 14.7 Å². The van der Waals surface area contributed by atoms with Gasteiger partial charge in [-0.3, -0.25) is 9.59 Å². The number of carboxylic acid groups (broad SMARTS) is 1. The molecule has 222 valence electrons. The van der Waals surface area contributed by atoms with Gasteiger partial charge in [-0.15, -0.1) is 5.10 Å². The van der Waals surface area contributed by atoms with Crippen molar-refractivity contribution in [2.24, 2.45) is 0 Å². The molecule has 8 nitrogen and oxygen atoms in total. The van der Waals surface area contributed by atoms with E-state index in [1.807, 2.05) is 34.7 Å². The first-order chi connectivity index (χ1) is 20.7. The van der Waals surface area contributed by atoms with Gasteiger partial charge >= 0.3 is 5.97 Å². The normalized spacial score (nSPS) is 19.6. The van der Waals surface area contributed by atoms with Crippen molar-refractivity contribution in [1.82, 2.24) is 19.9 Å². The standard InChI is InChI=1S/C35H38N4O4/c1-21-26-12-13-30-32(21)36-37-39(30)15-6-4-5-7-23-10-11-27(33-29(23)19-35(2,3)43-33)34(42)38-16-14-22-8-9-24(17-25(22)20-38)28(26)18-31(40)41/h8-13,17,28H,4-7,14-16,18-20H2,1-3H3,(H,40,41). The molecular weight excluding hydrogens is 540 g/mol. The Hall–Kier alpha value is -4.20. The van der Waals surface area contributed by atoms with E-state index < -0.39 is 5.97 Å². The molecule has 0 saturated heterocycles. The SMILES string of the molecule is Cc1c2ccc3c1nnn3CCCCCc1ccc(c3c1CC(C)(C)O3)C(=O)N1CCc3ccc(cc3C1)C2CC(=O)O. The van der Waals surface area contributed by atoms with Crippen LogP contribution >= 0.6 is 0 Å². The van der Waals surface area contributed by atoms with Crippen molar-refractivity contribution in [3.8, 4) is 5.75 Å². The van der Waals surface area contributed by atoms with Crippen LogP contribution in [0.4, 0.5) is 0 Å². The molecule has 0 radical (unpaired) electrons. The maximum absolute atomic E-state index is 14.0. The van der Waals surface area contributed by atoms with Crippen molar-refractivity contribution in [3.05, 3.63) is 87.0 Å². The number of rotatable bonds is 2. The molecule has 0 aliphatic carbocycles. The molecule has 7 heterocycles. The van der Waals surface area contributed by atoms with Crippen LogP contribution in [0.25, 0.3) is 11.0 Å². The number of aryl methyl sites for hydroxylation is 3. The Labute approximate surface area is 251 Å². The molecule has 3 aromatic carbocycles. The van der Waals surface area contributed by atoms with Gasteiger partial charge in [0.2, 0.25) is 0 Å². The zero-order valence-corrected chi connectivity index (χ0v) is 25.2. The third-order valence-electron chi connectivity index (χ3n) is 9.55. The van der Waals surface area contributed by atoms with Crippen LogP contribution in [-0.2, 0) is 37.1 Å². The van der Waals surface area contributed by atoms with Crippen molar-refractivity contribution in [3.63, 3.8) is 0 Å². The molecule has 0 fully saturated rings. The highest BCUT2D eigenvalue weighted by Crippen LogP contribution is 2.42. The van der Waals surface area contributed by atoms with Gasteiger partial charge in [-0.05, 0) is 92.0 Å². The predicted molar refractivity (Wildman–Crippen MR) is 164 cm³/mol. The molecule has 6 aliphatic heterocycles. The summed E-state index contributed by atoms with van der Waals surface area (Å²) in [6, 6.07) is 14.5. The molecular formula is C35H38N4O4. The van der Waals surface area contributed by atoms with Gasteiger partial charge in [-0.1, -0.05) is 42.0 Å². The highest BCUT2D eigenvalue weighted by atomic mass is 16.5. The Morgan fingerprint density at radius 1 is 1.02 bits per heavy atom. The van der Waals surface area contributed by atoms with Gasteiger partial charge in [0.25, 0.3) is 5.91 Å². The number of benzene rings is 3. The molecule has 9 bridgehead atoms. The van der Waals surface area contributed by atoms with E-state index in [-0.39, 0.29) is 23.8 Å². The summed E-state index contributed by atoms with van der Waals surface area (Å²) in [5.74, 6) is -0.452. The Kier molecular flexibility index (Phi) is 6.75. The van der Waals surface area contributed by atoms with Gasteiger partial charge in [-0.25, -0.2) is 4.68 Å². The van der Waals surface area contributed by atoms with E-state index in [0.29, 0.717) is 18.7 Å². The topological polar surface area (TPSA) is 97.5 Å². The number of aromatic nitrogens is 3. The molecule has 4 aromatic rings. The zero-order valence-electron chi connectivity index (χ0n) is 25.2. The van der Waals surface area contributed by atoms with Gasteiger partial charge in [-0.2, -0.15) is 0 Å². The van der Waals surface area contributed by atoms with Crippen LogP contribution in [0.3, 0.4) is 0 Å². The minimum absolute atomic E-state index is 0.00630. The largest absolute Gasteiger partial charge is 0.486 e. The molecule has 1 unspecified atom stereocenters. The molecule has 0 saturated carbocycles. The average molecular weight is 579 g/mol. The summed E-state index contributed by atoms with van der Waals surface area (Å²) in [6.45, 7) is 8.09. The molecule has 43 heavy (non-hydrogen) atoms. The number of carboxylic acids is 1. The zero-order chi connectivity index (χ0) is 29.9. The van der Waals surface area contributed by atoms with Gasteiger partial charge in [0.1, 0.15) is 16.9 Å². The lowest BCUT2D eigenvalue weighted by Crippen LogP contribution is -2.36. The Bertz CT molecular complexity index is 1770. The fourth-order valence-corrected chi connectivity index (χ4v) is 7.32. The van der Waals surface area contributed by atoms with Crippen LogP contribution in [0, 0.1) is 6.92 Å². The van der Waals surface area contributed by atoms with E-state index in [1.165, 1.54) is 16.7 Å². The van der Waals surface area contributed by atoms with Gasteiger partial charge < -0.3 is 14.7 Å². The summed E-state index contributed by atoms with van der Waals surface area (Å²) in [6.07, 6.45) is 5.52. The van der Waals surface area contributed by atoms with Crippen molar-refractivity contribution < 1.29 is 19.4 Å². The first kappa shape index (κ1) is 27.6. The van der Waals surface area contributed by atoms with Crippen molar-refractivity contribution in [1.29, 1.82) is 0 Å². The number of hydrogen-bond donors (Lipinski definition) is 1. The number of carbonyl (C=O) groups is 2. The highest BCUT2D eigenvalue weighted by Gasteiger charge is 2.36. The van der Waals surface area contributed by atoms with Gasteiger partial charge in [0.15, 0.2) is 0 Å². The Morgan fingerprint density at radius 3 is 2.70 bits per heavy atom.